The minimum absolute atomic E-state index is 0.0206. The molecular formula is C24H33NO. The molecule has 0 saturated carbocycles. The number of rotatable bonds is 9. The summed E-state index contributed by atoms with van der Waals surface area (Å²) in [5, 5.41) is 0. The van der Waals surface area contributed by atoms with Crippen LogP contribution in [0.15, 0.2) is 73.0 Å². The Hall–Kier alpha value is -2.06. The van der Waals surface area contributed by atoms with E-state index in [1.54, 1.807) is 0 Å². The minimum atomic E-state index is -0.236. The van der Waals surface area contributed by atoms with Gasteiger partial charge in [0.1, 0.15) is 6.10 Å². The molecule has 2 nitrogen and oxygen atoms in total. The summed E-state index contributed by atoms with van der Waals surface area (Å²) >= 11 is 0. The first kappa shape index (κ1) is 20.3. The van der Waals surface area contributed by atoms with Gasteiger partial charge in [0.05, 0.1) is 11.2 Å². The van der Waals surface area contributed by atoms with Crippen LogP contribution in [-0.4, -0.2) is 31.1 Å². The molecule has 0 radical (unpaired) electrons. The van der Waals surface area contributed by atoms with E-state index in [1.807, 2.05) is 6.92 Å². The Morgan fingerprint density at radius 2 is 1.46 bits per heavy atom. The summed E-state index contributed by atoms with van der Waals surface area (Å²) < 4.78 is 6.34. The molecule has 0 heterocycles. The summed E-state index contributed by atoms with van der Waals surface area (Å²) in [5.41, 5.74) is 2.36. The Bertz CT molecular complexity index is 638. The maximum absolute atomic E-state index is 6.34. The summed E-state index contributed by atoms with van der Waals surface area (Å²) in [4.78, 5) is 2.29. The zero-order chi connectivity index (χ0) is 19.2. The van der Waals surface area contributed by atoms with Gasteiger partial charge in [-0.05, 0) is 51.9 Å². The lowest BCUT2D eigenvalue weighted by molar-refractivity contribution is 0.0432. The van der Waals surface area contributed by atoms with Crippen LogP contribution in [0.5, 0.6) is 0 Å². The molecular weight excluding hydrogens is 318 g/mol. The van der Waals surface area contributed by atoms with E-state index in [1.165, 1.54) is 11.1 Å². The second-order valence-corrected chi connectivity index (χ2v) is 7.44. The fourth-order valence-corrected chi connectivity index (χ4v) is 3.80. The Morgan fingerprint density at radius 3 is 1.81 bits per heavy atom. The van der Waals surface area contributed by atoms with E-state index in [9.17, 15) is 0 Å². The summed E-state index contributed by atoms with van der Waals surface area (Å²) in [7, 11) is 4.29. The third-order valence-electron chi connectivity index (χ3n) is 5.34. The van der Waals surface area contributed by atoms with E-state index in [-0.39, 0.29) is 11.5 Å². The quantitative estimate of drug-likeness (QED) is 0.542. The molecule has 1 unspecified atom stereocenters. The fraction of sp³-hybridized carbons (Fsp3) is 0.417. The predicted octanol–water partition coefficient (Wildman–Crippen LogP) is 5.64. The highest BCUT2D eigenvalue weighted by Gasteiger charge is 2.44. The lowest BCUT2D eigenvalue weighted by Gasteiger charge is -2.44. The van der Waals surface area contributed by atoms with E-state index in [0.29, 0.717) is 6.04 Å². The third kappa shape index (κ3) is 4.37. The molecule has 0 N–H and O–H groups in total. The zero-order valence-electron chi connectivity index (χ0n) is 16.9. The number of benzene rings is 2. The molecule has 2 atom stereocenters. The van der Waals surface area contributed by atoms with Gasteiger partial charge in [-0.3, -0.25) is 0 Å². The van der Waals surface area contributed by atoms with Crippen molar-refractivity contribution >= 4 is 0 Å². The summed E-state index contributed by atoms with van der Waals surface area (Å²) in [6.07, 6.45) is 1.91. The Balaban J connectivity index is 2.71. The number of nitrogens with zero attached hydrogens (tertiary/aromatic N) is 1. The molecule has 0 bridgehead atoms. The maximum Gasteiger partial charge on any atom is 0.112 e. The van der Waals surface area contributed by atoms with Gasteiger partial charge in [0, 0.05) is 6.04 Å². The van der Waals surface area contributed by atoms with Gasteiger partial charge in [0.25, 0.3) is 0 Å². The lowest BCUT2D eigenvalue weighted by Crippen LogP contribution is -2.46. The molecule has 2 aromatic rings. The van der Waals surface area contributed by atoms with Crippen molar-refractivity contribution in [2.24, 2.45) is 0 Å². The average molecular weight is 352 g/mol. The first-order valence-electron chi connectivity index (χ1n) is 9.51. The molecule has 0 aliphatic carbocycles. The first-order valence-corrected chi connectivity index (χ1v) is 9.51. The van der Waals surface area contributed by atoms with E-state index < -0.39 is 0 Å². The van der Waals surface area contributed by atoms with Gasteiger partial charge in [0.2, 0.25) is 0 Å². The predicted molar refractivity (Wildman–Crippen MR) is 111 cm³/mol. The van der Waals surface area contributed by atoms with E-state index >= 15 is 0 Å². The Kier molecular flexibility index (Phi) is 7.05. The number of hydrogen-bond donors (Lipinski definition) is 0. The highest BCUT2D eigenvalue weighted by Crippen LogP contribution is 2.43. The largest absolute Gasteiger partial charge is 0.494 e. The van der Waals surface area contributed by atoms with Crippen LogP contribution in [0.4, 0.5) is 0 Å². The van der Waals surface area contributed by atoms with Gasteiger partial charge in [-0.1, -0.05) is 74.2 Å². The Labute approximate surface area is 159 Å². The molecule has 0 aliphatic heterocycles. The second-order valence-electron chi connectivity index (χ2n) is 7.44. The highest BCUT2D eigenvalue weighted by atomic mass is 16.5. The standard InChI is InChI=1S/C24H33NO/c1-7-23(26-19(2)3)24(18-20(4)25(5)6,21-14-10-8-11-15-21)22-16-12-9-13-17-22/h8-17,20,23H,2,7,18H2,1,3-6H3/t20-,23?/m0/s1. The van der Waals surface area contributed by atoms with Crippen LogP contribution < -0.4 is 0 Å². The fourth-order valence-electron chi connectivity index (χ4n) is 3.80. The van der Waals surface area contributed by atoms with Crippen molar-refractivity contribution in [2.75, 3.05) is 14.1 Å². The van der Waals surface area contributed by atoms with Crippen LogP contribution in [0, 0.1) is 0 Å². The van der Waals surface area contributed by atoms with E-state index in [4.69, 9.17) is 4.74 Å². The van der Waals surface area contributed by atoms with Crippen LogP contribution in [0.25, 0.3) is 0 Å². The highest BCUT2D eigenvalue weighted by molar-refractivity contribution is 5.41. The maximum atomic E-state index is 6.34. The van der Waals surface area contributed by atoms with Crippen LogP contribution in [-0.2, 0) is 10.2 Å². The zero-order valence-corrected chi connectivity index (χ0v) is 16.9. The molecule has 2 heteroatoms. The van der Waals surface area contributed by atoms with Gasteiger partial charge < -0.3 is 9.64 Å². The van der Waals surface area contributed by atoms with Gasteiger partial charge in [-0.25, -0.2) is 0 Å². The molecule has 0 fully saturated rings. The van der Waals surface area contributed by atoms with Crippen molar-refractivity contribution in [3.05, 3.63) is 84.1 Å². The summed E-state index contributed by atoms with van der Waals surface area (Å²) in [6, 6.07) is 22.0. The molecule has 0 spiro atoms. The van der Waals surface area contributed by atoms with Crippen molar-refractivity contribution in [3.63, 3.8) is 0 Å². The van der Waals surface area contributed by atoms with Crippen LogP contribution in [0.2, 0.25) is 0 Å². The Morgan fingerprint density at radius 1 is 1.00 bits per heavy atom. The van der Waals surface area contributed by atoms with Crippen molar-refractivity contribution in [1.29, 1.82) is 0 Å². The molecule has 140 valence electrons. The molecule has 0 aromatic heterocycles. The topological polar surface area (TPSA) is 12.5 Å². The van der Waals surface area contributed by atoms with Gasteiger partial charge in [-0.15, -0.1) is 0 Å². The van der Waals surface area contributed by atoms with Gasteiger partial charge >= 0.3 is 0 Å². The van der Waals surface area contributed by atoms with Crippen molar-refractivity contribution in [3.8, 4) is 0 Å². The lowest BCUT2D eigenvalue weighted by atomic mass is 9.66. The van der Waals surface area contributed by atoms with Gasteiger partial charge in [0.15, 0.2) is 0 Å². The average Bonchev–Trinajstić information content (AvgIpc) is 2.65. The molecule has 2 rings (SSSR count). The van der Waals surface area contributed by atoms with Crippen LogP contribution in [0.1, 0.15) is 44.7 Å². The van der Waals surface area contributed by atoms with Gasteiger partial charge in [-0.2, -0.15) is 0 Å². The number of allylic oxidation sites excluding steroid dienone is 1. The summed E-state index contributed by atoms with van der Waals surface area (Å²) in [6.45, 7) is 10.5. The van der Waals surface area contributed by atoms with Crippen LogP contribution in [0.3, 0.4) is 0 Å². The van der Waals surface area contributed by atoms with Crippen molar-refractivity contribution in [2.45, 2.75) is 51.2 Å². The SMILES string of the molecule is C=C(C)OC(CC)C(C[C@H](C)N(C)C)(c1ccccc1)c1ccccc1. The molecule has 0 saturated heterocycles. The molecule has 26 heavy (non-hydrogen) atoms. The molecule has 2 aromatic carbocycles. The first-order chi connectivity index (χ1) is 12.4. The normalized spacial score (nSPS) is 14.1. The van der Waals surface area contributed by atoms with Crippen molar-refractivity contribution < 1.29 is 4.74 Å². The molecule has 0 aliphatic rings. The summed E-state index contributed by atoms with van der Waals surface area (Å²) in [5.74, 6) is 0.769. The monoisotopic (exact) mass is 351 g/mol. The smallest absolute Gasteiger partial charge is 0.112 e. The van der Waals surface area contributed by atoms with E-state index in [0.717, 1.165) is 18.6 Å². The van der Waals surface area contributed by atoms with Crippen molar-refractivity contribution in [1.82, 2.24) is 4.90 Å². The second kappa shape index (κ2) is 9.05. The van der Waals surface area contributed by atoms with Crippen LogP contribution >= 0.6 is 0 Å². The van der Waals surface area contributed by atoms with E-state index in [2.05, 4.69) is 100 Å². The minimum Gasteiger partial charge on any atom is -0.494 e. The number of hydrogen-bond acceptors (Lipinski definition) is 2. The third-order valence-corrected chi connectivity index (χ3v) is 5.34. The number of ether oxygens (including phenoxy) is 1. The molecule has 0 amide bonds.